The van der Waals surface area contributed by atoms with E-state index in [9.17, 15) is 4.79 Å². The van der Waals surface area contributed by atoms with Gasteiger partial charge in [-0.15, -0.1) is 0 Å². The molecule has 0 aliphatic carbocycles. The van der Waals surface area contributed by atoms with Crippen LogP contribution < -0.4 is 4.90 Å². The SMILES string of the molecule is CN(Cc1nccn1C)c1ccc(C(=O)O)c(Br)c1. The van der Waals surface area contributed by atoms with Gasteiger partial charge in [0.25, 0.3) is 0 Å². The van der Waals surface area contributed by atoms with Gasteiger partial charge in [0.15, 0.2) is 0 Å². The first-order valence-electron chi connectivity index (χ1n) is 5.69. The largest absolute Gasteiger partial charge is 0.478 e. The van der Waals surface area contributed by atoms with E-state index in [0.717, 1.165) is 11.5 Å². The van der Waals surface area contributed by atoms with Gasteiger partial charge in [-0.2, -0.15) is 0 Å². The molecule has 1 heterocycles. The summed E-state index contributed by atoms with van der Waals surface area (Å²) in [5, 5.41) is 8.98. The van der Waals surface area contributed by atoms with Gasteiger partial charge in [-0.05, 0) is 34.1 Å². The average Bonchev–Trinajstić information content (AvgIpc) is 2.74. The average molecular weight is 324 g/mol. The van der Waals surface area contributed by atoms with Crippen LogP contribution in [0.5, 0.6) is 0 Å². The first kappa shape index (κ1) is 13.6. The van der Waals surface area contributed by atoms with Crippen LogP contribution in [0.2, 0.25) is 0 Å². The second kappa shape index (κ2) is 5.44. The van der Waals surface area contributed by atoms with E-state index in [1.54, 1.807) is 24.4 Å². The van der Waals surface area contributed by atoms with E-state index in [0.29, 0.717) is 11.0 Å². The maximum Gasteiger partial charge on any atom is 0.336 e. The van der Waals surface area contributed by atoms with Crippen molar-refractivity contribution in [3.63, 3.8) is 0 Å². The summed E-state index contributed by atoms with van der Waals surface area (Å²) in [6.45, 7) is 0.655. The van der Waals surface area contributed by atoms with Crippen molar-refractivity contribution in [2.24, 2.45) is 7.05 Å². The molecule has 19 heavy (non-hydrogen) atoms. The molecule has 0 atom stereocenters. The number of hydrogen-bond donors (Lipinski definition) is 1. The minimum atomic E-state index is -0.940. The van der Waals surface area contributed by atoms with E-state index in [1.165, 1.54) is 0 Å². The molecule has 5 nitrogen and oxygen atoms in total. The van der Waals surface area contributed by atoms with Crippen molar-refractivity contribution >= 4 is 27.6 Å². The molecule has 0 fully saturated rings. The van der Waals surface area contributed by atoms with Gasteiger partial charge in [-0.3, -0.25) is 0 Å². The molecule has 2 aromatic rings. The van der Waals surface area contributed by atoms with Crippen LogP contribution in [-0.2, 0) is 13.6 Å². The molecule has 0 saturated heterocycles. The third-order valence-corrected chi connectivity index (χ3v) is 3.58. The third kappa shape index (κ3) is 2.96. The standard InChI is InChI=1S/C13H14BrN3O2/c1-16-6-5-15-12(16)8-17(2)9-3-4-10(13(18)19)11(14)7-9/h3-7H,8H2,1-2H3,(H,18,19). The molecule has 0 aliphatic rings. The fourth-order valence-electron chi connectivity index (χ4n) is 1.77. The summed E-state index contributed by atoms with van der Waals surface area (Å²) in [5.74, 6) is 0.00566. The molecule has 0 amide bonds. The molecule has 6 heteroatoms. The van der Waals surface area contributed by atoms with Gasteiger partial charge in [0.05, 0.1) is 12.1 Å². The molecule has 0 saturated carbocycles. The first-order chi connectivity index (χ1) is 8.99. The number of nitrogens with zero attached hydrogens (tertiary/aromatic N) is 3. The Bertz CT molecular complexity index is 610. The van der Waals surface area contributed by atoms with Gasteiger partial charge in [0.2, 0.25) is 0 Å². The molecule has 100 valence electrons. The number of benzene rings is 1. The van der Waals surface area contributed by atoms with Crippen molar-refractivity contribution in [1.82, 2.24) is 9.55 Å². The van der Waals surface area contributed by atoms with Crippen LogP contribution in [0.25, 0.3) is 0 Å². The summed E-state index contributed by atoms with van der Waals surface area (Å²) in [6, 6.07) is 5.18. The quantitative estimate of drug-likeness (QED) is 0.939. The molecule has 0 aliphatic heterocycles. The van der Waals surface area contributed by atoms with Crippen LogP contribution in [0.15, 0.2) is 35.1 Å². The number of anilines is 1. The number of carbonyl (C=O) groups is 1. The van der Waals surface area contributed by atoms with Crippen molar-refractivity contribution in [3.8, 4) is 0 Å². The molecular weight excluding hydrogens is 310 g/mol. The van der Waals surface area contributed by atoms with Gasteiger partial charge in [0.1, 0.15) is 5.82 Å². The lowest BCUT2D eigenvalue weighted by molar-refractivity contribution is 0.0696. The van der Waals surface area contributed by atoms with E-state index in [2.05, 4.69) is 20.9 Å². The predicted molar refractivity (Wildman–Crippen MR) is 76.4 cm³/mol. The monoisotopic (exact) mass is 323 g/mol. The Hall–Kier alpha value is -1.82. The van der Waals surface area contributed by atoms with Crippen LogP contribution in [0, 0.1) is 0 Å². The van der Waals surface area contributed by atoms with Gasteiger partial charge in [-0.25, -0.2) is 9.78 Å². The number of carboxylic acid groups (broad SMARTS) is 1. The normalized spacial score (nSPS) is 10.5. The minimum Gasteiger partial charge on any atom is -0.478 e. The molecule has 0 spiro atoms. The number of rotatable bonds is 4. The van der Waals surface area contributed by atoms with E-state index < -0.39 is 5.97 Å². The summed E-state index contributed by atoms with van der Waals surface area (Å²) in [7, 11) is 3.89. The molecule has 0 bridgehead atoms. The summed E-state index contributed by atoms with van der Waals surface area (Å²) in [6.07, 6.45) is 3.65. The Morgan fingerprint density at radius 2 is 2.26 bits per heavy atom. The highest BCUT2D eigenvalue weighted by atomic mass is 79.9. The third-order valence-electron chi connectivity index (χ3n) is 2.92. The Morgan fingerprint density at radius 3 is 2.79 bits per heavy atom. The van der Waals surface area contributed by atoms with Gasteiger partial charge < -0.3 is 14.6 Å². The van der Waals surface area contributed by atoms with Gasteiger partial charge in [0, 0.05) is 36.6 Å². The van der Waals surface area contributed by atoms with Crippen LogP contribution in [0.1, 0.15) is 16.2 Å². The maximum atomic E-state index is 10.9. The Kier molecular flexibility index (Phi) is 3.90. The van der Waals surface area contributed by atoms with Crippen molar-refractivity contribution in [2.45, 2.75) is 6.54 Å². The van der Waals surface area contributed by atoms with Crippen LogP contribution >= 0.6 is 15.9 Å². The van der Waals surface area contributed by atoms with E-state index in [-0.39, 0.29) is 5.56 Å². The van der Waals surface area contributed by atoms with Crippen molar-refractivity contribution in [1.29, 1.82) is 0 Å². The topological polar surface area (TPSA) is 58.4 Å². The van der Waals surface area contributed by atoms with Gasteiger partial charge >= 0.3 is 5.97 Å². The second-order valence-corrected chi connectivity index (χ2v) is 5.13. The minimum absolute atomic E-state index is 0.258. The zero-order chi connectivity index (χ0) is 14.0. The summed E-state index contributed by atoms with van der Waals surface area (Å²) < 4.78 is 2.53. The van der Waals surface area contributed by atoms with Crippen LogP contribution in [-0.4, -0.2) is 27.7 Å². The van der Waals surface area contributed by atoms with Crippen LogP contribution in [0.3, 0.4) is 0 Å². The molecule has 2 rings (SSSR count). The molecule has 1 N–H and O–H groups in total. The van der Waals surface area contributed by atoms with Gasteiger partial charge in [-0.1, -0.05) is 0 Å². The first-order valence-corrected chi connectivity index (χ1v) is 6.48. The van der Waals surface area contributed by atoms with E-state index in [4.69, 9.17) is 5.11 Å². The fourth-order valence-corrected chi connectivity index (χ4v) is 2.30. The van der Waals surface area contributed by atoms with E-state index >= 15 is 0 Å². The van der Waals surface area contributed by atoms with E-state index in [1.807, 2.05) is 29.8 Å². The van der Waals surface area contributed by atoms with Crippen molar-refractivity contribution < 1.29 is 9.90 Å². The summed E-state index contributed by atoms with van der Waals surface area (Å²) in [4.78, 5) is 17.2. The number of hydrogen-bond acceptors (Lipinski definition) is 3. The molecular formula is C13H14BrN3O2. The smallest absolute Gasteiger partial charge is 0.336 e. The molecule has 1 aromatic heterocycles. The Balaban J connectivity index is 2.20. The zero-order valence-electron chi connectivity index (χ0n) is 10.7. The maximum absolute atomic E-state index is 10.9. The van der Waals surface area contributed by atoms with Crippen molar-refractivity contribution in [2.75, 3.05) is 11.9 Å². The highest BCUT2D eigenvalue weighted by Crippen LogP contribution is 2.24. The lowest BCUT2D eigenvalue weighted by Crippen LogP contribution is -2.19. The van der Waals surface area contributed by atoms with Crippen LogP contribution in [0.4, 0.5) is 5.69 Å². The highest BCUT2D eigenvalue weighted by Gasteiger charge is 2.11. The molecule has 0 radical (unpaired) electrons. The highest BCUT2D eigenvalue weighted by molar-refractivity contribution is 9.10. The fraction of sp³-hybridized carbons (Fsp3) is 0.231. The number of carboxylic acids is 1. The number of halogens is 1. The number of aryl methyl sites for hydroxylation is 1. The predicted octanol–water partition coefficient (Wildman–Crippen LogP) is 2.52. The number of aromatic carboxylic acids is 1. The zero-order valence-corrected chi connectivity index (χ0v) is 12.3. The summed E-state index contributed by atoms with van der Waals surface area (Å²) in [5.41, 5.74) is 1.19. The van der Waals surface area contributed by atoms with Crippen molar-refractivity contribution in [3.05, 3.63) is 46.5 Å². The lowest BCUT2D eigenvalue weighted by Gasteiger charge is -2.19. The summed E-state index contributed by atoms with van der Waals surface area (Å²) >= 11 is 3.28. The number of aromatic nitrogens is 2. The Morgan fingerprint density at radius 1 is 1.53 bits per heavy atom. The molecule has 0 unspecified atom stereocenters. The Labute approximate surface area is 119 Å². The number of imidazole rings is 1. The second-order valence-electron chi connectivity index (χ2n) is 4.28. The molecule has 1 aromatic carbocycles. The lowest BCUT2D eigenvalue weighted by atomic mass is 10.2.